The molecule has 3 aromatic rings. The molecule has 1 heterocycles. The van der Waals surface area contributed by atoms with Crippen LogP contribution in [0.15, 0.2) is 59.8 Å². The van der Waals surface area contributed by atoms with Crippen LogP contribution in [0.5, 0.6) is 0 Å². The summed E-state index contributed by atoms with van der Waals surface area (Å²) in [7, 11) is 0. The number of thioether (sulfide) groups is 1. The predicted octanol–water partition coefficient (Wildman–Crippen LogP) is 4.81. The van der Waals surface area contributed by atoms with E-state index in [1.807, 2.05) is 43.3 Å². The standard InChI is InChI=1S/C22H26N4OS/c1-4-14-26-21(18-11-9-10-17(3)15-18)23-24-22(26)28-16-20(27)25(5-2)19-12-7-6-8-13-19/h6-13,15H,4-5,14,16H2,1-3H3. The van der Waals surface area contributed by atoms with Crippen LogP contribution in [-0.2, 0) is 11.3 Å². The van der Waals surface area contributed by atoms with E-state index < -0.39 is 0 Å². The van der Waals surface area contributed by atoms with Gasteiger partial charge in [-0.2, -0.15) is 0 Å². The van der Waals surface area contributed by atoms with Gasteiger partial charge in [0.2, 0.25) is 5.91 Å². The van der Waals surface area contributed by atoms with Crippen molar-refractivity contribution in [1.29, 1.82) is 0 Å². The zero-order valence-corrected chi connectivity index (χ0v) is 17.4. The van der Waals surface area contributed by atoms with Gasteiger partial charge in [0, 0.05) is 24.3 Å². The fraction of sp³-hybridized carbons (Fsp3) is 0.318. The number of hydrogen-bond acceptors (Lipinski definition) is 4. The second-order valence-electron chi connectivity index (χ2n) is 6.59. The summed E-state index contributed by atoms with van der Waals surface area (Å²) in [6.07, 6.45) is 0.976. The van der Waals surface area contributed by atoms with Crippen LogP contribution in [0.4, 0.5) is 5.69 Å². The Kier molecular flexibility index (Phi) is 6.87. The van der Waals surface area contributed by atoms with E-state index in [0.29, 0.717) is 12.3 Å². The van der Waals surface area contributed by atoms with E-state index in [1.165, 1.54) is 17.3 Å². The number of rotatable bonds is 8. The maximum absolute atomic E-state index is 12.8. The van der Waals surface area contributed by atoms with Crippen LogP contribution >= 0.6 is 11.8 Å². The number of para-hydroxylation sites is 1. The second-order valence-corrected chi connectivity index (χ2v) is 7.53. The lowest BCUT2D eigenvalue weighted by Crippen LogP contribution is -2.32. The summed E-state index contributed by atoms with van der Waals surface area (Å²) in [6.45, 7) is 7.66. The first-order valence-electron chi connectivity index (χ1n) is 9.62. The second kappa shape index (κ2) is 9.55. The van der Waals surface area contributed by atoms with Crippen molar-refractivity contribution in [2.24, 2.45) is 0 Å². The van der Waals surface area contributed by atoms with Gasteiger partial charge in [-0.25, -0.2) is 0 Å². The number of hydrogen-bond donors (Lipinski definition) is 0. The molecule has 146 valence electrons. The Morgan fingerprint density at radius 2 is 1.86 bits per heavy atom. The van der Waals surface area contributed by atoms with E-state index in [2.05, 4.69) is 46.8 Å². The number of anilines is 1. The van der Waals surface area contributed by atoms with Crippen molar-refractivity contribution in [3.63, 3.8) is 0 Å². The summed E-state index contributed by atoms with van der Waals surface area (Å²) in [5, 5.41) is 9.58. The van der Waals surface area contributed by atoms with Crippen LogP contribution in [0.3, 0.4) is 0 Å². The van der Waals surface area contributed by atoms with Crippen LogP contribution in [0.25, 0.3) is 11.4 Å². The Bertz CT molecular complexity index is 923. The molecule has 3 rings (SSSR count). The molecule has 0 spiro atoms. The van der Waals surface area contributed by atoms with Gasteiger partial charge < -0.3 is 9.47 Å². The number of aryl methyl sites for hydroxylation is 1. The van der Waals surface area contributed by atoms with Crippen molar-refractivity contribution in [2.75, 3.05) is 17.2 Å². The number of carbonyl (C=O) groups excluding carboxylic acids is 1. The maximum Gasteiger partial charge on any atom is 0.237 e. The monoisotopic (exact) mass is 394 g/mol. The Hall–Kier alpha value is -2.60. The van der Waals surface area contributed by atoms with Crippen molar-refractivity contribution in [1.82, 2.24) is 14.8 Å². The Balaban J connectivity index is 1.78. The quantitative estimate of drug-likeness (QED) is 0.515. The summed E-state index contributed by atoms with van der Waals surface area (Å²) in [4.78, 5) is 14.6. The van der Waals surface area contributed by atoms with Crippen molar-refractivity contribution in [3.8, 4) is 11.4 Å². The molecule has 0 fully saturated rings. The van der Waals surface area contributed by atoms with E-state index in [1.54, 1.807) is 4.90 Å². The minimum absolute atomic E-state index is 0.0712. The molecule has 5 nitrogen and oxygen atoms in total. The average molecular weight is 395 g/mol. The third kappa shape index (κ3) is 4.62. The molecule has 0 saturated carbocycles. The first kappa shape index (κ1) is 20.1. The first-order chi connectivity index (χ1) is 13.6. The van der Waals surface area contributed by atoms with E-state index >= 15 is 0 Å². The average Bonchev–Trinajstić information content (AvgIpc) is 3.11. The molecule has 0 unspecified atom stereocenters. The minimum atomic E-state index is 0.0712. The summed E-state index contributed by atoms with van der Waals surface area (Å²) in [5.41, 5.74) is 3.17. The summed E-state index contributed by atoms with van der Waals surface area (Å²) in [6, 6.07) is 18.0. The molecule has 0 atom stereocenters. The van der Waals surface area contributed by atoms with Crippen LogP contribution < -0.4 is 4.90 Å². The lowest BCUT2D eigenvalue weighted by Gasteiger charge is -2.20. The van der Waals surface area contributed by atoms with Crippen molar-refractivity contribution in [3.05, 3.63) is 60.2 Å². The molecule has 0 aliphatic rings. The van der Waals surface area contributed by atoms with Crippen LogP contribution in [-0.4, -0.2) is 33.0 Å². The summed E-state index contributed by atoms with van der Waals surface area (Å²) < 4.78 is 2.12. The molecule has 1 amide bonds. The smallest absolute Gasteiger partial charge is 0.237 e. The molecular formula is C22H26N4OS. The maximum atomic E-state index is 12.8. The lowest BCUT2D eigenvalue weighted by molar-refractivity contribution is -0.116. The highest BCUT2D eigenvalue weighted by atomic mass is 32.2. The molecule has 0 aliphatic heterocycles. The first-order valence-corrected chi connectivity index (χ1v) is 10.6. The molecule has 1 aromatic heterocycles. The highest BCUT2D eigenvalue weighted by Crippen LogP contribution is 2.26. The normalized spacial score (nSPS) is 10.8. The Morgan fingerprint density at radius 1 is 1.07 bits per heavy atom. The van der Waals surface area contributed by atoms with Crippen LogP contribution in [0.2, 0.25) is 0 Å². The lowest BCUT2D eigenvalue weighted by atomic mass is 10.1. The molecule has 0 N–H and O–H groups in total. The number of benzene rings is 2. The van der Waals surface area contributed by atoms with Crippen molar-refractivity contribution < 1.29 is 4.79 Å². The van der Waals surface area contributed by atoms with Crippen LogP contribution in [0.1, 0.15) is 25.8 Å². The van der Waals surface area contributed by atoms with Gasteiger partial charge in [0.25, 0.3) is 0 Å². The van der Waals surface area contributed by atoms with Gasteiger partial charge in [0.15, 0.2) is 11.0 Å². The summed E-state index contributed by atoms with van der Waals surface area (Å²) in [5.74, 6) is 1.26. The van der Waals surface area contributed by atoms with Gasteiger partial charge in [0.05, 0.1) is 5.75 Å². The molecule has 2 aromatic carbocycles. The molecule has 6 heteroatoms. The van der Waals surface area contributed by atoms with Gasteiger partial charge in [0.1, 0.15) is 0 Å². The van der Waals surface area contributed by atoms with Gasteiger partial charge >= 0.3 is 0 Å². The predicted molar refractivity (Wildman–Crippen MR) is 116 cm³/mol. The third-order valence-electron chi connectivity index (χ3n) is 4.45. The van der Waals surface area contributed by atoms with E-state index in [9.17, 15) is 4.79 Å². The van der Waals surface area contributed by atoms with Gasteiger partial charge in [-0.1, -0.05) is 60.6 Å². The van der Waals surface area contributed by atoms with Crippen molar-refractivity contribution >= 4 is 23.4 Å². The fourth-order valence-electron chi connectivity index (χ4n) is 3.13. The zero-order chi connectivity index (χ0) is 19.9. The molecule has 0 bridgehead atoms. The Labute approximate surface area is 170 Å². The SMILES string of the molecule is CCCn1c(SCC(=O)N(CC)c2ccccc2)nnc1-c1cccc(C)c1. The van der Waals surface area contributed by atoms with Gasteiger partial charge in [-0.3, -0.25) is 4.79 Å². The fourth-order valence-corrected chi connectivity index (χ4v) is 3.97. The number of aromatic nitrogens is 3. The molecule has 0 radical (unpaired) electrons. The topological polar surface area (TPSA) is 51.0 Å². The largest absolute Gasteiger partial charge is 0.312 e. The Morgan fingerprint density at radius 3 is 2.54 bits per heavy atom. The van der Waals surface area contributed by atoms with E-state index in [0.717, 1.165) is 35.2 Å². The van der Waals surface area contributed by atoms with Crippen molar-refractivity contribution in [2.45, 2.75) is 38.9 Å². The molecular weight excluding hydrogens is 368 g/mol. The molecule has 28 heavy (non-hydrogen) atoms. The highest BCUT2D eigenvalue weighted by Gasteiger charge is 2.18. The van der Waals surface area contributed by atoms with Gasteiger partial charge in [-0.15, -0.1) is 10.2 Å². The molecule has 0 saturated heterocycles. The summed E-state index contributed by atoms with van der Waals surface area (Å²) >= 11 is 1.45. The zero-order valence-electron chi connectivity index (χ0n) is 16.6. The van der Waals surface area contributed by atoms with E-state index in [-0.39, 0.29) is 5.91 Å². The molecule has 0 aliphatic carbocycles. The number of amides is 1. The number of nitrogens with zero attached hydrogens (tertiary/aromatic N) is 4. The minimum Gasteiger partial charge on any atom is -0.312 e. The van der Waals surface area contributed by atoms with Crippen LogP contribution in [0, 0.1) is 6.92 Å². The third-order valence-corrected chi connectivity index (χ3v) is 5.40. The van der Waals surface area contributed by atoms with Gasteiger partial charge in [-0.05, 0) is 38.5 Å². The highest BCUT2D eigenvalue weighted by molar-refractivity contribution is 7.99. The number of carbonyl (C=O) groups is 1. The van der Waals surface area contributed by atoms with E-state index in [4.69, 9.17) is 0 Å².